The first-order valence-corrected chi connectivity index (χ1v) is 8.93. The fourth-order valence-electron chi connectivity index (χ4n) is 2.74. The van der Waals surface area contributed by atoms with Crippen LogP contribution in [0.5, 0.6) is 5.75 Å². The topological polar surface area (TPSA) is 81.7 Å². The van der Waals surface area contributed by atoms with Crippen LogP contribution in [0.2, 0.25) is 0 Å². The lowest BCUT2D eigenvalue weighted by Crippen LogP contribution is -2.25. The minimum absolute atomic E-state index is 0.0465. The highest BCUT2D eigenvalue weighted by atomic mass is 16.5. The predicted molar refractivity (Wildman–Crippen MR) is 100 cm³/mol. The number of ketones is 1. The van der Waals surface area contributed by atoms with Crippen molar-refractivity contribution in [2.45, 2.75) is 26.2 Å². The maximum absolute atomic E-state index is 12.3. The Morgan fingerprint density at radius 1 is 1.11 bits per heavy atom. The standard InChI is InChI=1S/C21H21NO5/c1-2-3-4-14-5-7-15(8-6-14)21(25)27-12-18(23)16-9-10-19-17(11-16)22-20(24)13-26-19/h5-11H,2-4,12-13H2,1H3,(H,22,24). The summed E-state index contributed by atoms with van der Waals surface area (Å²) in [7, 11) is 0. The molecule has 1 aliphatic heterocycles. The van der Waals surface area contributed by atoms with Crippen molar-refractivity contribution in [3.63, 3.8) is 0 Å². The first-order chi connectivity index (χ1) is 13.1. The Morgan fingerprint density at radius 2 is 1.85 bits per heavy atom. The van der Waals surface area contributed by atoms with Crippen molar-refractivity contribution in [1.29, 1.82) is 0 Å². The van der Waals surface area contributed by atoms with Crippen LogP contribution in [0.25, 0.3) is 0 Å². The zero-order valence-corrected chi connectivity index (χ0v) is 15.1. The Hall–Kier alpha value is -3.15. The highest BCUT2D eigenvalue weighted by Crippen LogP contribution is 2.28. The number of benzene rings is 2. The van der Waals surface area contributed by atoms with E-state index in [0.717, 1.165) is 19.3 Å². The lowest BCUT2D eigenvalue weighted by Gasteiger charge is -2.18. The van der Waals surface area contributed by atoms with Gasteiger partial charge in [-0.2, -0.15) is 0 Å². The van der Waals surface area contributed by atoms with E-state index in [0.29, 0.717) is 22.6 Å². The second-order valence-electron chi connectivity index (χ2n) is 6.35. The molecule has 0 bridgehead atoms. The summed E-state index contributed by atoms with van der Waals surface area (Å²) in [6.07, 6.45) is 3.19. The molecule has 0 radical (unpaired) electrons. The number of hydrogen-bond donors (Lipinski definition) is 1. The lowest BCUT2D eigenvalue weighted by molar-refractivity contribution is -0.118. The van der Waals surface area contributed by atoms with Gasteiger partial charge in [-0.3, -0.25) is 9.59 Å². The van der Waals surface area contributed by atoms with E-state index < -0.39 is 5.97 Å². The van der Waals surface area contributed by atoms with Crippen molar-refractivity contribution in [2.24, 2.45) is 0 Å². The summed E-state index contributed by atoms with van der Waals surface area (Å²) in [6.45, 7) is 1.71. The largest absolute Gasteiger partial charge is 0.482 e. The molecule has 3 rings (SSSR count). The average Bonchev–Trinajstić information content (AvgIpc) is 2.70. The Kier molecular flexibility index (Phi) is 5.86. The van der Waals surface area contributed by atoms with Gasteiger partial charge >= 0.3 is 5.97 Å². The molecule has 27 heavy (non-hydrogen) atoms. The van der Waals surface area contributed by atoms with Crippen LogP contribution in [0.3, 0.4) is 0 Å². The molecule has 0 unspecified atom stereocenters. The first kappa shape index (κ1) is 18.6. The number of Topliss-reactive ketones (excluding diaryl/α,β-unsaturated/α-hetero) is 1. The summed E-state index contributed by atoms with van der Waals surface area (Å²) in [4.78, 5) is 35.8. The van der Waals surface area contributed by atoms with Gasteiger partial charge in [-0.25, -0.2) is 4.79 Å². The number of carbonyl (C=O) groups excluding carboxylic acids is 3. The Labute approximate surface area is 157 Å². The molecular formula is C21H21NO5. The fourth-order valence-corrected chi connectivity index (χ4v) is 2.74. The Bertz CT molecular complexity index is 857. The van der Waals surface area contributed by atoms with Gasteiger partial charge in [0.1, 0.15) is 5.75 Å². The summed E-state index contributed by atoms with van der Waals surface area (Å²) in [6, 6.07) is 11.9. The van der Waals surface area contributed by atoms with E-state index in [-0.39, 0.29) is 24.9 Å². The molecule has 0 spiro atoms. The zero-order chi connectivity index (χ0) is 19.2. The van der Waals surface area contributed by atoms with Gasteiger partial charge in [0.05, 0.1) is 11.3 Å². The molecule has 0 saturated heterocycles. The smallest absolute Gasteiger partial charge is 0.338 e. The summed E-state index contributed by atoms with van der Waals surface area (Å²) in [5.74, 6) is -0.669. The normalized spacial score (nSPS) is 12.6. The van der Waals surface area contributed by atoms with E-state index in [1.165, 1.54) is 11.6 Å². The van der Waals surface area contributed by atoms with Crippen LogP contribution in [0.4, 0.5) is 5.69 Å². The molecule has 0 aromatic heterocycles. The molecule has 6 heteroatoms. The molecule has 6 nitrogen and oxygen atoms in total. The van der Waals surface area contributed by atoms with Gasteiger partial charge in [0.25, 0.3) is 5.91 Å². The number of hydrogen-bond acceptors (Lipinski definition) is 5. The minimum atomic E-state index is -0.542. The number of fused-ring (bicyclic) bond motifs is 1. The van der Waals surface area contributed by atoms with Gasteiger partial charge in [-0.15, -0.1) is 0 Å². The molecule has 1 aliphatic rings. The first-order valence-electron chi connectivity index (χ1n) is 8.93. The number of carbonyl (C=O) groups is 3. The Morgan fingerprint density at radius 3 is 2.59 bits per heavy atom. The number of anilines is 1. The number of esters is 1. The van der Waals surface area contributed by atoms with Crippen LogP contribution >= 0.6 is 0 Å². The molecule has 140 valence electrons. The highest BCUT2D eigenvalue weighted by molar-refractivity contribution is 6.02. The molecule has 1 N–H and O–H groups in total. The SMILES string of the molecule is CCCCc1ccc(C(=O)OCC(=O)c2ccc3c(c2)NC(=O)CO3)cc1. The molecular weight excluding hydrogens is 346 g/mol. The lowest BCUT2D eigenvalue weighted by atomic mass is 10.1. The number of ether oxygens (including phenoxy) is 2. The highest BCUT2D eigenvalue weighted by Gasteiger charge is 2.18. The molecule has 2 aromatic rings. The maximum Gasteiger partial charge on any atom is 0.338 e. The number of rotatable bonds is 7. The molecule has 0 aliphatic carbocycles. The van der Waals surface area contributed by atoms with Crippen molar-refractivity contribution in [1.82, 2.24) is 0 Å². The molecule has 1 heterocycles. The van der Waals surface area contributed by atoms with Gasteiger partial charge in [-0.05, 0) is 48.7 Å². The van der Waals surface area contributed by atoms with Crippen LogP contribution < -0.4 is 10.1 Å². The maximum atomic E-state index is 12.3. The minimum Gasteiger partial charge on any atom is -0.482 e. The van der Waals surface area contributed by atoms with Gasteiger partial charge in [0, 0.05) is 5.56 Å². The number of unbranched alkanes of at least 4 members (excludes halogenated alkanes) is 1. The summed E-state index contributed by atoms with van der Waals surface area (Å²) < 4.78 is 10.4. The third-order valence-electron chi connectivity index (χ3n) is 4.28. The van der Waals surface area contributed by atoms with E-state index >= 15 is 0 Å². The molecule has 0 fully saturated rings. The quantitative estimate of drug-likeness (QED) is 0.599. The number of aryl methyl sites for hydroxylation is 1. The van der Waals surface area contributed by atoms with E-state index in [1.807, 2.05) is 12.1 Å². The van der Waals surface area contributed by atoms with Crippen molar-refractivity contribution < 1.29 is 23.9 Å². The van der Waals surface area contributed by atoms with Crippen LogP contribution in [-0.4, -0.2) is 30.9 Å². The van der Waals surface area contributed by atoms with E-state index in [1.54, 1.807) is 24.3 Å². The summed E-state index contributed by atoms with van der Waals surface area (Å²) >= 11 is 0. The van der Waals surface area contributed by atoms with Crippen LogP contribution in [-0.2, 0) is 16.0 Å². The zero-order valence-electron chi connectivity index (χ0n) is 15.1. The summed E-state index contributed by atoms with van der Waals surface area (Å²) in [5.41, 5.74) is 2.35. The Balaban J connectivity index is 1.58. The number of amides is 1. The average molecular weight is 367 g/mol. The number of nitrogens with one attached hydrogen (secondary N) is 1. The van der Waals surface area contributed by atoms with Gasteiger partial charge < -0.3 is 14.8 Å². The summed E-state index contributed by atoms with van der Waals surface area (Å²) in [5, 5.41) is 2.64. The molecule has 1 amide bonds. The van der Waals surface area contributed by atoms with E-state index in [2.05, 4.69) is 12.2 Å². The molecule has 2 aromatic carbocycles. The second kappa shape index (κ2) is 8.49. The van der Waals surface area contributed by atoms with Crippen molar-refractivity contribution >= 4 is 23.3 Å². The van der Waals surface area contributed by atoms with Crippen molar-refractivity contribution in [2.75, 3.05) is 18.5 Å². The van der Waals surface area contributed by atoms with E-state index in [4.69, 9.17) is 9.47 Å². The second-order valence-corrected chi connectivity index (χ2v) is 6.35. The third kappa shape index (κ3) is 4.73. The van der Waals surface area contributed by atoms with Crippen LogP contribution in [0.1, 0.15) is 46.0 Å². The molecule has 0 saturated carbocycles. The van der Waals surface area contributed by atoms with Crippen molar-refractivity contribution in [3.8, 4) is 5.75 Å². The van der Waals surface area contributed by atoms with Gasteiger partial charge in [0.15, 0.2) is 19.0 Å². The van der Waals surface area contributed by atoms with Crippen LogP contribution in [0, 0.1) is 0 Å². The monoisotopic (exact) mass is 367 g/mol. The van der Waals surface area contributed by atoms with Gasteiger partial charge in [0.2, 0.25) is 0 Å². The predicted octanol–water partition coefficient (Wildman–Crippen LogP) is 3.40. The van der Waals surface area contributed by atoms with E-state index in [9.17, 15) is 14.4 Å². The third-order valence-corrected chi connectivity index (χ3v) is 4.28. The molecule has 0 atom stereocenters. The fraction of sp³-hybridized carbons (Fsp3) is 0.286. The van der Waals surface area contributed by atoms with Gasteiger partial charge in [-0.1, -0.05) is 25.5 Å². The van der Waals surface area contributed by atoms with Crippen LogP contribution in [0.15, 0.2) is 42.5 Å². The van der Waals surface area contributed by atoms with Crippen molar-refractivity contribution in [3.05, 3.63) is 59.2 Å².